The van der Waals surface area contributed by atoms with Crippen LogP contribution >= 0.6 is 0 Å². The van der Waals surface area contributed by atoms with Crippen molar-refractivity contribution in [2.45, 2.75) is 70.1 Å². The number of aliphatic hydroxyl groups is 1. The van der Waals surface area contributed by atoms with Gasteiger partial charge in [0.05, 0.1) is 6.61 Å². The maximum Gasteiger partial charge on any atom is 0.326 e. The summed E-state index contributed by atoms with van der Waals surface area (Å²) in [4.78, 5) is 63.9. The number of carbonyl (C=O) groups is 5. The van der Waals surface area contributed by atoms with Crippen molar-refractivity contribution in [1.29, 1.82) is 0 Å². The van der Waals surface area contributed by atoms with Crippen LogP contribution in [-0.2, 0) is 24.0 Å². The zero-order chi connectivity index (χ0) is 27.1. The van der Waals surface area contributed by atoms with Crippen LogP contribution in [0.15, 0.2) is 4.99 Å². The summed E-state index contributed by atoms with van der Waals surface area (Å²) in [5, 5.41) is 34.3. The van der Waals surface area contributed by atoms with Gasteiger partial charge in [0, 0.05) is 13.0 Å². The van der Waals surface area contributed by atoms with E-state index in [4.69, 9.17) is 27.4 Å². The zero-order valence-electron chi connectivity index (χ0n) is 19.9. The molecule has 0 aromatic rings. The Hall–Kier alpha value is -3.46. The summed E-state index contributed by atoms with van der Waals surface area (Å²) in [6.07, 6.45) is -0.344. The van der Waals surface area contributed by atoms with Crippen molar-refractivity contribution < 1.29 is 39.3 Å². The summed E-state index contributed by atoms with van der Waals surface area (Å²) < 4.78 is 0. The largest absolute Gasteiger partial charge is 0.481 e. The van der Waals surface area contributed by atoms with Crippen molar-refractivity contribution in [3.63, 3.8) is 0 Å². The van der Waals surface area contributed by atoms with Crippen molar-refractivity contribution in [3.05, 3.63) is 0 Å². The monoisotopic (exact) mass is 503 g/mol. The van der Waals surface area contributed by atoms with Crippen LogP contribution < -0.4 is 33.2 Å². The third-order valence-corrected chi connectivity index (χ3v) is 4.71. The standard InChI is InChI=1S/C20H37N7O8/c1-10(2)8-14(18(33)26-13(19(34)35)5-6-15(29)30)27-17(32)12(4-3-7-24-20(22)23)25-16(31)11(21)9-28/h10-14,28H,3-9,21H2,1-2H3,(H,25,31)(H,26,33)(H,27,32)(H,29,30)(H,34,35)(H4,22,23,24). The molecule has 4 unspecified atom stereocenters. The van der Waals surface area contributed by atoms with E-state index in [0.717, 1.165) is 0 Å². The van der Waals surface area contributed by atoms with E-state index in [9.17, 15) is 29.1 Å². The lowest BCUT2D eigenvalue weighted by Gasteiger charge is -2.26. The van der Waals surface area contributed by atoms with Gasteiger partial charge in [-0.15, -0.1) is 0 Å². The molecule has 12 N–H and O–H groups in total. The highest BCUT2D eigenvalue weighted by atomic mass is 16.4. The average Bonchev–Trinajstić information content (AvgIpc) is 2.76. The quantitative estimate of drug-likeness (QED) is 0.0541. The molecule has 0 aromatic carbocycles. The summed E-state index contributed by atoms with van der Waals surface area (Å²) >= 11 is 0. The fourth-order valence-corrected chi connectivity index (χ4v) is 2.91. The molecule has 3 amide bonds. The molecule has 200 valence electrons. The number of aliphatic carboxylic acids is 2. The normalized spacial score (nSPS) is 14.2. The lowest BCUT2D eigenvalue weighted by Crippen LogP contribution is -2.57. The number of aliphatic imine (C=N–C) groups is 1. The highest BCUT2D eigenvalue weighted by Crippen LogP contribution is 2.09. The summed E-state index contributed by atoms with van der Waals surface area (Å²) in [7, 11) is 0. The number of carboxylic acids is 2. The van der Waals surface area contributed by atoms with Crippen LogP contribution in [-0.4, -0.2) is 88.3 Å². The van der Waals surface area contributed by atoms with Crippen LogP contribution in [0, 0.1) is 5.92 Å². The number of carbonyl (C=O) groups excluding carboxylic acids is 3. The zero-order valence-corrected chi connectivity index (χ0v) is 19.9. The smallest absolute Gasteiger partial charge is 0.326 e. The molecule has 0 aliphatic rings. The second kappa shape index (κ2) is 16.2. The Balaban J connectivity index is 5.54. The first kappa shape index (κ1) is 31.5. The molecule has 0 saturated carbocycles. The Morgan fingerprint density at radius 2 is 1.40 bits per heavy atom. The molecular weight excluding hydrogens is 466 g/mol. The van der Waals surface area contributed by atoms with Gasteiger partial charge in [0.15, 0.2) is 5.96 Å². The van der Waals surface area contributed by atoms with E-state index < -0.39 is 66.9 Å². The Morgan fingerprint density at radius 3 is 1.89 bits per heavy atom. The fraction of sp³-hybridized carbons (Fsp3) is 0.700. The third kappa shape index (κ3) is 13.7. The van der Waals surface area contributed by atoms with Gasteiger partial charge in [-0.05, 0) is 31.6 Å². The molecule has 4 atom stereocenters. The highest BCUT2D eigenvalue weighted by Gasteiger charge is 2.30. The van der Waals surface area contributed by atoms with Crippen LogP contribution in [0.5, 0.6) is 0 Å². The summed E-state index contributed by atoms with van der Waals surface area (Å²) in [5.74, 6) is -5.24. The first-order chi connectivity index (χ1) is 16.3. The molecule has 0 aliphatic heterocycles. The maximum atomic E-state index is 13.0. The molecule has 0 fully saturated rings. The molecule has 0 rings (SSSR count). The van der Waals surface area contributed by atoms with Gasteiger partial charge in [-0.25, -0.2) is 4.79 Å². The van der Waals surface area contributed by atoms with Crippen molar-refractivity contribution in [1.82, 2.24) is 16.0 Å². The number of carboxylic acid groups (broad SMARTS) is 2. The van der Waals surface area contributed by atoms with Gasteiger partial charge in [-0.1, -0.05) is 13.8 Å². The number of amides is 3. The van der Waals surface area contributed by atoms with E-state index in [-0.39, 0.29) is 44.1 Å². The lowest BCUT2D eigenvalue weighted by molar-refractivity contribution is -0.143. The highest BCUT2D eigenvalue weighted by molar-refractivity contribution is 5.94. The van der Waals surface area contributed by atoms with Gasteiger partial charge in [-0.3, -0.25) is 24.2 Å². The molecule has 0 aromatic heterocycles. The number of aliphatic hydroxyl groups excluding tert-OH is 1. The molecule has 0 aliphatic carbocycles. The van der Waals surface area contributed by atoms with E-state index >= 15 is 0 Å². The average molecular weight is 504 g/mol. The molecule has 0 radical (unpaired) electrons. The topological polar surface area (TPSA) is 273 Å². The van der Waals surface area contributed by atoms with Gasteiger partial charge >= 0.3 is 11.9 Å². The maximum absolute atomic E-state index is 13.0. The second-order valence-electron chi connectivity index (χ2n) is 8.32. The van der Waals surface area contributed by atoms with E-state index in [0.29, 0.717) is 0 Å². The van der Waals surface area contributed by atoms with Gasteiger partial charge in [-0.2, -0.15) is 0 Å². The summed E-state index contributed by atoms with van der Waals surface area (Å²) in [6, 6.07) is -5.07. The van der Waals surface area contributed by atoms with Gasteiger partial charge in [0.25, 0.3) is 0 Å². The number of guanidine groups is 1. The van der Waals surface area contributed by atoms with E-state index in [1.807, 2.05) is 0 Å². The van der Waals surface area contributed by atoms with Gasteiger partial charge in [0.1, 0.15) is 24.2 Å². The van der Waals surface area contributed by atoms with Gasteiger partial charge in [0.2, 0.25) is 17.7 Å². The Bertz CT molecular complexity index is 771. The SMILES string of the molecule is CC(C)CC(NC(=O)C(CCCN=C(N)N)NC(=O)C(N)CO)C(=O)NC(CCC(=O)O)C(=O)O. The van der Waals surface area contributed by atoms with Crippen molar-refractivity contribution >= 4 is 35.6 Å². The first-order valence-electron chi connectivity index (χ1n) is 11.1. The minimum atomic E-state index is -1.47. The number of hydrogen-bond acceptors (Lipinski definition) is 8. The number of rotatable bonds is 17. The van der Waals surface area contributed by atoms with Crippen LogP contribution in [0.1, 0.15) is 46.0 Å². The summed E-state index contributed by atoms with van der Waals surface area (Å²) in [6.45, 7) is 3.06. The van der Waals surface area contributed by atoms with Crippen LogP contribution in [0.25, 0.3) is 0 Å². The number of nitrogens with one attached hydrogen (secondary N) is 3. The number of nitrogens with two attached hydrogens (primary N) is 3. The fourth-order valence-electron chi connectivity index (χ4n) is 2.91. The molecule has 0 saturated heterocycles. The van der Waals surface area contributed by atoms with Crippen LogP contribution in [0.4, 0.5) is 0 Å². The molecule has 15 heteroatoms. The number of hydrogen-bond donors (Lipinski definition) is 9. The Labute approximate surface area is 202 Å². The molecule has 0 bridgehead atoms. The molecule has 35 heavy (non-hydrogen) atoms. The van der Waals surface area contributed by atoms with Crippen molar-refractivity contribution in [3.8, 4) is 0 Å². The third-order valence-electron chi connectivity index (χ3n) is 4.71. The minimum Gasteiger partial charge on any atom is -0.481 e. The molecular formula is C20H37N7O8. The second-order valence-corrected chi connectivity index (χ2v) is 8.32. The number of nitrogens with zero attached hydrogens (tertiary/aromatic N) is 1. The summed E-state index contributed by atoms with van der Waals surface area (Å²) in [5.41, 5.74) is 16.0. The predicted octanol–water partition coefficient (Wildman–Crippen LogP) is -3.19. The van der Waals surface area contributed by atoms with E-state index in [1.54, 1.807) is 13.8 Å². The molecule has 0 spiro atoms. The van der Waals surface area contributed by atoms with E-state index in [2.05, 4.69) is 20.9 Å². The van der Waals surface area contributed by atoms with Gasteiger partial charge < -0.3 is 48.5 Å². The van der Waals surface area contributed by atoms with Crippen molar-refractivity contribution in [2.24, 2.45) is 28.1 Å². The Morgan fingerprint density at radius 1 is 0.857 bits per heavy atom. The van der Waals surface area contributed by atoms with Crippen LogP contribution in [0.3, 0.4) is 0 Å². The Kier molecular flexibility index (Phi) is 14.6. The van der Waals surface area contributed by atoms with E-state index in [1.165, 1.54) is 0 Å². The molecule has 15 nitrogen and oxygen atoms in total. The first-order valence-corrected chi connectivity index (χ1v) is 11.1. The predicted molar refractivity (Wildman–Crippen MR) is 125 cm³/mol. The minimum absolute atomic E-state index is 0.0683. The molecule has 0 heterocycles. The van der Waals surface area contributed by atoms with Crippen molar-refractivity contribution in [2.75, 3.05) is 13.2 Å². The van der Waals surface area contributed by atoms with Crippen LogP contribution in [0.2, 0.25) is 0 Å². The lowest BCUT2D eigenvalue weighted by atomic mass is 10.0.